The monoisotopic (exact) mass is 368 g/mol. The highest BCUT2D eigenvalue weighted by molar-refractivity contribution is 6.03. The van der Waals surface area contributed by atoms with Crippen molar-refractivity contribution < 1.29 is 14.3 Å². The lowest BCUT2D eigenvalue weighted by molar-refractivity contribution is -0.122. The molecule has 1 aromatic heterocycles. The van der Waals surface area contributed by atoms with Gasteiger partial charge in [0, 0.05) is 18.7 Å². The molecule has 27 heavy (non-hydrogen) atoms. The van der Waals surface area contributed by atoms with Crippen molar-refractivity contribution in [3.05, 3.63) is 41.2 Å². The molecule has 2 aromatic rings. The summed E-state index contributed by atoms with van der Waals surface area (Å²) in [5, 5.41) is 2.89. The van der Waals surface area contributed by atoms with Crippen LogP contribution in [0.15, 0.2) is 24.3 Å². The van der Waals surface area contributed by atoms with Gasteiger partial charge in [-0.25, -0.2) is 0 Å². The number of nitrogens with zero attached hydrogens (tertiary/aromatic N) is 3. The van der Waals surface area contributed by atoms with Crippen LogP contribution in [-0.2, 0) is 9.59 Å². The minimum atomic E-state index is -0.413. The molecule has 0 spiro atoms. The van der Waals surface area contributed by atoms with Crippen molar-refractivity contribution in [2.75, 3.05) is 23.4 Å². The van der Waals surface area contributed by atoms with Crippen molar-refractivity contribution in [3.8, 4) is 6.01 Å². The van der Waals surface area contributed by atoms with E-state index in [-0.39, 0.29) is 18.2 Å². The Kier molecular flexibility index (Phi) is 5.39. The number of hydrogen-bond acceptors (Lipinski definition) is 5. The molecule has 0 bridgehead atoms. The first-order chi connectivity index (χ1) is 12.9. The topological polar surface area (TPSA) is 84.4 Å². The van der Waals surface area contributed by atoms with Crippen LogP contribution in [0.5, 0.6) is 6.01 Å². The Morgan fingerprint density at radius 2 is 1.81 bits per heavy atom. The van der Waals surface area contributed by atoms with Gasteiger partial charge in [-0.05, 0) is 39.8 Å². The Labute approximate surface area is 158 Å². The average molecular weight is 368 g/mol. The average Bonchev–Trinajstić information content (AvgIpc) is 3.01. The Morgan fingerprint density at radius 3 is 2.41 bits per heavy atom. The number of hydrogen-bond donors (Lipinski definition) is 1. The predicted octanol–water partition coefficient (Wildman–Crippen LogP) is 2.79. The smallest absolute Gasteiger partial charge is 0.316 e. The van der Waals surface area contributed by atoms with Crippen LogP contribution in [0.4, 0.5) is 11.4 Å². The fourth-order valence-corrected chi connectivity index (χ4v) is 3.14. The third-order valence-electron chi connectivity index (χ3n) is 4.61. The number of nitrogens with one attached hydrogen (secondary N) is 1. The van der Waals surface area contributed by atoms with Gasteiger partial charge in [0.1, 0.15) is 0 Å². The molecular formula is C20H24N4O3. The van der Waals surface area contributed by atoms with Gasteiger partial charge in [0.05, 0.1) is 29.6 Å². The van der Waals surface area contributed by atoms with E-state index in [1.807, 2.05) is 38.1 Å². The molecule has 3 rings (SSSR count). The highest BCUT2D eigenvalue weighted by atomic mass is 16.5. The van der Waals surface area contributed by atoms with Gasteiger partial charge in [0.25, 0.3) is 0 Å². The van der Waals surface area contributed by atoms with Gasteiger partial charge in [-0.15, -0.1) is 0 Å². The molecule has 142 valence electrons. The highest BCUT2D eigenvalue weighted by Crippen LogP contribution is 2.27. The number of ether oxygens (including phenoxy) is 1. The van der Waals surface area contributed by atoms with Gasteiger partial charge in [0.15, 0.2) is 0 Å². The van der Waals surface area contributed by atoms with Crippen molar-refractivity contribution in [2.45, 2.75) is 34.1 Å². The molecule has 1 aliphatic heterocycles. The molecule has 2 amide bonds. The normalized spacial score (nSPS) is 16.5. The largest absolute Gasteiger partial charge is 0.464 e. The molecule has 7 nitrogen and oxygen atoms in total. The molecule has 2 heterocycles. The van der Waals surface area contributed by atoms with Crippen molar-refractivity contribution in [3.63, 3.8) is 0 Å². The number of anilines is 2. The third-order valence-corrected chi connectivity index (χ3v) is 4.61. The fourth-order valence-electron chi connectivity index (χ4n) is 3.14. The van der Waals surface area contributed by atoms with Crippen LogP contribution in [-0.4, -0.2) is 34.9 Å². The standard InChI is InChI=1S/C20H24N4O3/c1-5-27-20-21-13(3)18(14(4)22-20)23-19(26)15-10-17(25)24(11-15)16-8-6-12(2)7-9-16/h6-9,15H,5,10-11H2,1-4H3,(H,23,26). The summed E-state index contributed by atoms with van der Waals surface area (Å²) in [4.78, 5) is 35.3. The van der Waals surface area contributed by atoms with Crippen molar-refractivity contribution >= 4 is 23.2 Å². The lowest BCUT2D eigenvalue weighted by atomic mass is 10.1. The molecule has 1 fully saturated rings. The second-order valence-corrected chi connectivity index (χ2v) is 6.72. The van der Waals surface area contributed by atoms with E-state index in [9.17, 15) is 9.59 Å². The van der Waals surface area contributed by atoms with Crippen LogP contribution in [0.25, 0.3) is 0 Å². The van der Waals surface area contributed by atoms with Crippen LogP contribution in [0.3, 0.4) is 0 Å². The Balaban J connectivity index is 1.72. The summed E-state index contributed by atoms with van der Waals surface area (Å²) in [5.41, 5.74) is 3.79. The molecule has 1 N–H and O–H groups in total. The number of rotatable bonds is 5. The molecule has 1 saturated heterocycles. The van der Waals surface area contributed by atoms with E-state index < -0.39 is 5.92 Å². The number of aryl methyl sites for hydroxylation is 3. The molecular weight excluding hydrogens is 344 g/mol. The quantitative estimate of drug-likeness (QED) is 0.877. The second kappa shape index (κ2) is 7.73. The zero-order valence-electron chi connectivity index (χ0n) is 16.1. The van der Waals surface area contributed by atoms with Crippen LogP contribution < -0.4 is 15.0 Å². The minimum Gasteiger partial charge on any atom is -0.464 e. The van der Waals surface area contributed by atoms with Gasteiger partial charge >= 0.3 is 6.01 Å². The van der Waals surface area contributed by atoms with E-state index in [4.69, 9.17) is 4.74 Å². The number of carbonyl (C=O) groups excluding carboxylic acids is 2. The maximum Gasteiger partial charge on any atom is 0.316 e. The molecule has 1 unspecified atom stereocenters. The van der Waals surface area contributed by atoms with E-state index in [1.54, 1.807) is 18.7 Å². The van der Waals surface area contributed by atoms with Crippen molar-refractivity contribution in [2.24, 2.45) is 5.92 Å². The lowest BCUT2D eigenvalue weighted by Gasteiger charge is -2.17. The molecule has 7 heteroatoms. The zero-order chi connectivity index (χ0) is 19.6. The highest BCUT2D eigenvalue weighted by Gasteiger charge is 2.35. The molecule has 0 aliphatic carbocycles. The Bertz CT molecular complexity index is 841. The number of aromatic nitrogens is 2. The van der Waals surface area contributed by atoms with E-state index in [0.29, 0.717) is 36.2 Å². The summed E-state index contributed by atoms with van der Waals surface area (Å²) in [6.07, 6.45) is 0.190. The number of benzene rings is 1. The minimum absolute atomic E-state index is 0.0459. The Morgan fingerprint density at radius 1 is 1.19 bits per heavy atom. The van der Waals surface area contributed by atoms with E-state index >= 15 is 0 Å². The number of carbonyl (C=O) groups is 2. The number of amides is 2. The summed E-state index contributed by atoms with van der Waals surface area (Å²) >= 11 is 0. The fraction of sp³-hybridized carbons (Fsp3) is 0.400. The predicted molar refractivity (Wildman–Crippen MR) is 103 cm³/mol. The molecule has 0 radical (unpaired) electrons. The van der Waals surface area contributed by atoms with Gasteiger partial charge in [-0.2, -0.15) is 9.97 Å². The summed E-state index contributed by atoms with van der Waals surface area (Å²) in [6, 6.07) is 8.02. The maximum atomic E-state index is 12.7. The molecule has 0 saturated carbocycles. The van der Waals surface area contributed by atoms with Crippen LogP contribution >= 0.6 is 0 Å². The first-order valence-electron chi connectivity index (χ1n) is 9.05. The first-order valence-corrected chi connectivity index (χ1v) is 9.05. The van der Waals surface area contributed by atoms with E-state index in [2.05, 4.69) is 15.3 Å². The van der Waals surface area contributed by atoms with Crippen LogP contribution in [0.2, 0.25) is 0 Å². The SMILES string of the molecule is CCOc1nc(C)c(NC(=O)C2CC(=O)N(c3ccc(C)cc3)C2)c(C)n1. The zero-order valence-corrected chi connectivity index (χ0v) is 16.1. The second-order valence-electron chi connectivity index (χ2n) is 6.72. The summed E-state index contributed by atoms with van der Waals surface area (Å²) < 4.78 is 5.33. The Hall–Kier alpha value is -2.96. The molecule has 1 atom stereocenters. The van der Waals surface area contributed by atoms with Crippen molar-refractivity contribution in [1.29, 1.82) is 0 Å². The lowest BCUT2D eigenvalue weighted by Crippen LogP contribution is -2.28. The summed E-state index contributed by atoms with van der Waals surface area (Å²) in [7, 11) is 0. The van der Waals surface area contributed by atoms with Gasteiger partial charge < -0.3 is 15.0 Å². The van der Waals surface area contributed by atoms with Crippen LogP contribution in [0, 0.1) is 26.7 Å². The summed E-state index contributed by atoms with van der Waals surface area (Å²) in [6.45, 7) is 8.29. The van der Waals surface area contributed by atoms with E-state index in [0.717, 1.165) is 11.3 Å². The van der Waals surface area contributed by atoms with Gasteiger partial charge in [0.2, 0.25) is 11.8 Å². The van der Waals surface area contributed by atoms with Gasteiger partial charge in [-0.3, -0.25) is 9.59 Å². The molecule has 1 aliphatic rings. The van der Waals surface area contributed by atoms with E-state index in [1.165, 1.54) is 0 Å². The molecule has 1 aromatic carbocycles. The maximum absolute atomic E-state index is 12.7. The third kappa shape index (κ3) is 4.07. The summed E-state index contributed by atoms with van der Waals surface area (Å²) in [5.74, 6) is -0.656. The van der Waals surface area contributed by atoms with Crippen LogP contribution in [0.1, 0.15) is 30.3 Å². The van der Waals surface area contributed by atoms with Gasteiger partial charge in [-0.1, -0.05) is 17.7 Å². The van der Waals surface area contributed by atoms with Crippen molar-refractivity contribution in [1.82, 2.24) is 9.97 Å². The first kappa shape index (κ1) is 18.8.